The average Bonchev–Trinajstić information content (AvgIpc) is 2.06. The minimum atomic E-state index is 0.506. The Kier molecular flexibility index (Phi) is 6.06. The van der Waals surface area contributed by atoms with Crippen LogP contribution in [0.4, 0.5) is 0 Å². The van der Waals surface area contributed by atoms with Crippen LogP contribution in [0.25, 0.3) is 0 Å². The summed E-state index contributed by atoms with van der Waals surface area (Å²) in [5, 5.41) is 0.860. The van der Waals surface area contributed by atoms with Gasteiger partial charge >= 0.3 is 0 Å². The number of hydrogen-bond donors (Lipinski definition) is 0. The van der Waals surface area contributed by atoms with Crippen LogP contribution >= 0.6 is 11.8 Å². The van der Waals surface area contributed by atoms with Gasteiger partial charge in [0.15, 0.2) is 0 Å². The highest BCUT2D eigenvalue weighted by Crippen LogP contribution is 2.35. The molecule has 1 atom stereocenters. The molecule has 1 nitrogen and oxygen atoms in total. The van der Waals surface area contributed by atoms with E-state index in [-0.39, 0.29) is 0 Å². The molecular weight excluding hydrogens is 178 g/mol. The molecule has 0 bridgehead atoms. The van der Waals surface area contributed by atoms with Gasteiger partial charge in [-0.3, -0.25) is 0 Å². The summed E-state index contributed by atoms with van der Waals surface area (Å²) >= 11 is 2.03. The van der Waals surface area contributed by atoms with Crippen molar-refractivity contribution in [3.8, 4) is 0 Å². The van der Waals surface area contributed by atoms with Gasteiger partial charge in [-0.15, -0.1) is 0 Å². The Hall–Kier alpha value is 0.310. The molecule has 1 rings (SSSR count). The molecule has 1 saturated heterocycles. The first-order chi connectivity index (χ1) is 6.06. The SMILES string of the molecule is CC.CSC1CCN(C)CC1(C)C. The first kappa shape index (κ1) is 13.3. The predicted molar refractivity (Wildman–Crippen MR) is 64.5 cm³/mol. The second-order valence-corrected chi connectivity index (χ2v) is 5.28. The van der Waals surface area contributed by atoms with Crippen LogP contribution in [0.5, 0.6) is 0 Å². The Labute approximate surface area is 88.3 Å². The summed E-state index contributed by atoms with van der Waals surface area (Å²) in [5.41, 5.74) is 0.506. The molecule has 1 heterocycles. The number of thioether (sulfide) groups is 1. The van der Waals surface area contributed by atoms with Crippen LogP contribution < -0.4 is 0 Å². The van der Waals surface area contributed by atoms with Crippen molar-refractivity contribution in [3.05, 3.63) is 0 Å². The minimum absolute atomic E-state index is 0.506. The number of nitrogens with zero attached hydrogens (tertiary/aromatic N) is 1. The smallest absolute Gasteiger partial charge is 0.0120 e. The maximum atomic E-state index is 2.44. The molecule has 13 heavy (non-hydrogen) atoms. The van der Waals surface area contributed by atoms with Gasteiger partial charge in [-0.1, -0.05) is 27.7 Å². The normalized spacial score (nSPS) is 27.7. The van der Waals surface area contributed by atoms with Crippen LogP contribution in [-0.4, -0.2) is 36.5 Å². The molecule has 0 aromatic rings. The van der Waals surface area contributed by atoms with E-state index in [1.54, 1.807) is 0 Å². The highest BCUT2D eigenvalue weighted by molar-refractivity contribution is 7.99. The lowest BCUT2D eigenvalue weighted by Crippen LogP contribution is -2.45. The molecule has 0 aromatic carbocycles. The van der Waals surface area contributed by atoms with Gasteiger partial charge < -0.3 is 4.90 Å². The zero-order valence-corrected chi connectivity index (χ0v) is 10.9. The largest absolute Gasteiger partial charge is 0.306 e. The molecule has 0 amide bonds. The summed E-state index contributed by atoms with van der Waals surface area (Å²) in [7, 11) is 2.22. The van der Waals surface area contributed by atoms with Crippen LogP contribution in [0.1, 0.15) is 34.1 Å². The molecule has 0 aliphatic carbocycles. The van der Waals surface area contributed by atoms with E-state index < -0.39 is 0 Å². The molecule has 1 aliphatic heterocycles. The van der Waals surface area contributed by atoms with Crippen molar-refractivity contribution >= 4 is 11.8 Å². The van der Waals surface area contributed by atoms with Crippen molar-refractivity contribution in [1.29, 1.82) is 0 Å². The van der Waals surface area contributed by atoms with Crippen molar-refractivity contribution in [2.45, 2.75) is 39.4 Å². The Morgan fingerprint density at radius 3 is 2.23 bits per heavy atom. The first-order valence-corrected chi connectivity index (χ1v) is 6.56. The third-order valence-corrected chi connectivity index (χ3v) is 4.05. The van der Waals surface area contributed by atoms with Crippen molar-refractivity contribution in [2.75, 3.05) is 26.4 Å². The lowest BCUT2D eigenvalue weighted by molar-refractivity contribution is 0.151. The van der Waals surface area contributed by atoms with E-state index in [4.69, 9.17) is 0 Å². The molecule has 0 saturated carbocycles. The third kappa shape index (κ3) is 3.90. The summed E-state index contributed by atoms with van der Waals surface area (Å²) < 4.78 is 0. The highest BCUT2D eigenvalue weighted by atomic mass is 32.2. The number of likely N-dealkylation sites (tertiary alicyclic amines) is 1. The van der Waals surface area contributed by atoms with E-state index in [0.29, 0.717) is 5.41 Å². The Morgan fingerprint density at radius 1 is 1.31 bits per heavy atom. The summed E-state index contributed by atoms with van der Waals surface area (Å²) in [5.74, 6) is 0. The average molecular weight is 203 g/mol. The van der Waals surface area contributed by atoms with Gasteiger partial charge in [-0.05, 0) is 31.7 Å². The number of hydrogen-bond acceptors (Lipinski definition) is 2. The molecular formula is C11H25NS. The topological polar surface area (TPSA) is 3.24 Å². The molecule has 0 spiro atoms. The van der Waals surface area contributed by atoms with E-state index >= 15 is 0 Å². The van der Waals surface area contributed by atoms with Gasteiger partial charge in [0.05, 0.1) is 0 Å². The van der Waals surface area contributed by atoms with Gasteiger partial charge in [0.1, 0.15) is 0 Å². The maximum Gasteiger partial charge on any atom is 0.0120 e. The van der Waals surface area contributed by atoms with Crippen LogP contribution in [0.3, 0.4) is 0 Å². The molecule has 1 aliphatic rings. The first-order valence-electron chi connectivity index (χ1n) is 5.27. The van der Waals surface area contributed by atoms with Crippen LogP contribution in [0, 0.1) is 5.41 Å². The van der Waals surface area contributed by atoms with E-state index in [2.05, 4.69) is 32.1 Å². The number of piperidine rings is 1. The van der Waals surface area contributed by atoms with E-state index in [9.17, 15) is 0 Å². The Bertz CT molecular complexity index is 134. The van der Waals surface area contributed by atoms with Gasteiger partial charge in [0.2, 0.25) is 0 Å². The quantitative estimate of drug-likeness (QED) is 0.644. The third-order valence-electron chi connectivity index (χ3n) is 2.61. The van der Waals surface area contributed by atoms with Crippen molar-refractivity contribution in [3.63, 3.8) is 0 Å². The van der Waals surface area contributed by atoms with Gasteiger partial charge in [-0.25, -0.2) is 0 Å². The van der Waals surface area contributed by atoms with Crippen molar-refractivity contribution < 1.29 is 0 Å². The molecule has 0 radical (unpaired) electrons. The standard InChI is InChI=1S/C9H19NS.C2H6/c1-9(2)7-10(3)6-5-8(9)11-4;1-2/h8H,5-7H2,1-4H3;1-2H3. The van der Waals surface area contributed by atoms with Gasteiger partial charge in [0.25, 0.3) is 0 Å². The second-order valence-electron chi connectivity index (χ2n) is 4.24. The molecule has 1 fully saturated rings. The van der Waals surface area contributed by atoms with Crippen LogP contribution in [0.2, 0.25) is 0 Å². The Morgan fingerprint density at radius 2 is 1.85 bits per heavy atom. The van der Waals surface area contributed by atoms with Crippen LogP contribution in [0.15, 0.2) is 0 Å². The number of rotatable bonds is 1. The summed E-state index contributed by atoms with van der Waals surface area (Å²) in [6.45, 7) is 11.3. The highest BCUT2D eigenvalue weighted by Gasteiger charge is 2.33. The second kappa shape index (κ2) is 5.92. The minimum Gasteiger partial charge on any atom is -0.306 e. The van der Waals surface area contributed by atoms with Crippen LogP contribution in [-0.2, 0) is 0 Å². The van der Waals surface area contributed by atoms with E-state index in [0.717, 1.165) is 5.25 Å². The maximum absolute atomic E-state index is 2.44. The lowest BCUT2D eigenvalue weighted by atomic mass is 9.84. The van der Waals surface area contributed by atoms with E-state index in [1.165, 1.54) is 19.5 Å². The predicted octanol–water partition coefficient (Wildman–Crippen LogP) is 3.11. The van der Waals surface area contributed by atoms with Crippen molar-refractivity contribution in [2.24, 2.45) is 5.41 Å². The monoisotopic (exact) mass is 203 g/mol. The Balaban J connectivity index is 0.000000671. The molecule has 0 N–H and O–H groups in total. The lowest BCUT2D eigenvalue weighted by Gasteiger charge is -2.42. The zero-order chi connectivity index (χ0) is 10.5. The van der Waals surface area contributed by atoms with Gasteiger partial charge in [0, 0.05) is 11.8 Å². The summed E-state index contributed by atoms with van der Waals surface area (Å²) in [6, 6.07) is 0. The molecule has 0 aromatic heterocycles. The fourth-order valence-corrected chi connectivity index (χ4v) is 3.10. The fraction of sp³-hybridized carbons (Fsp3) is 1.00. The van der Waals surface area contributed by atoms with E-state index in [1.807, 2.05) is 25.6 Å². The summed E-state index contributed by atoms with van der Waals surface area (Å²) in [6.07, 6.45) is 3.59. The molecule has 80 valence electrons. The molecule has 2 heteroatoms. The molecule has 1 unspecified atom stereocenters. The van der Waals surface area contributed by atoms with Crippen molar-refractivity contribution in [1.82, 2.24) is 4.90 Å². The van der Waals surface area contributed by atoms with Gasteiger partial charge in [-0.2, -0.15) is 11.8 Å². The fourth-order valence-electron chi connectivity index (χ4n) is 2.04. The zero-order valence-electron chi connectivity index (χ0n) is 10.1. The summed E-state index contributed by atoms with van der Waals surface area (Å²) in [4.78, 5) is 2.44.